The Kier molecular flexibility index (Phi) is 6.15. The van der Waals surface area contributed by atoms with Crippen LogP contribution in [-0.2, 0) is 4.74 Å². The van der Waals surface area contributed by atoms with Crippen molar-refractivity contribution in [1.29, 1.82) is 0 Å². The predicted octanol–water partition coefficient (Wildman–Crippen LogP) is 1.87. The zero-order chi connectivity index (χ0) is 13.5. The van der Waals surface area contributed by atoms with Crippen LogP contribution in [-0.4, -0.2) is 49.3 Å². The van der Waals surface area contributed by atoms with Gasteiger partial charge in [-0.3, -0.25) is 0 Å². The second-order valence-corrected chi connectivity index (χ2v) is 4.59. The van der Waals surface area contributed by atoms with E-state index in [1.54, 1.807) is 7.11 Å². The second-order valence-electron chi connectivity index (χ2n) is 3.98. The Hall–Kier alpha value is -1.07. The number of rotatable bonds is 7. The van der Waals surface area contributed by atoms with Crippen molar-refractivity contribution < 1.29 is 9.47 Å². The first-order valence-electron chi connectivity index (χ1n) is 5.89. The minimum Gasteiger partial charge on any atom is -0.478 e. The molecule has 0 spiro atoms. The minimum absolute atomic E-state index is 0.0779. The zero-order valence-corrected chi connectivity index (χ0v) is 12.1. The summed E-state index contributed by atoms with van der Waals surface area (Å²) in [6.07, 6.45) is 0. The highest BCUT2D eigenvalue weighted by atomic mass is 35.5. The molecule has 0 fully saturated rings. The molecular formula is C12H20ClN3O2. The van der Waals surface area contributed by atoms with Crippen LogP contribution in [0.15, 0.2) is 6.07 Å². The van der Waals surface area contributed by atoms with E-state index in [1.807, 2.05) is 31.9 Å². The van der Waals surface area contributed by atoms with Gasteiger partial charge in [0.2, 0.25) is 5.88 Å². The molecule has 1 unspecified atom stereocenters. The maximum absolute atomic E-state index is 6.13. The van der Waals surface area contributed by atoms with Crippen molar-refractivity contribution in [3.8, 4) is 5.88 Å². The molecule has 6 heteroatoms. The smallest absolute Gasteiger partial charge is 0.218 e. The van der Waals surface area contributed by atoms with Crippen molar-refractivity contribution in [3.63, 3.8) is 0 Å². The van der Waals surface area contributed by atoms with Crippen LogP contribution in [0.4, 0.5) is 5.82 Å². The Balaban J connectivity index is 2.74. The van der Waals surface area contributed by atoms with Gasteiger partial charge in [-0.05, 0) is 13.8 Å². The molecule has 5 nitrogen and oxygen atoms in total. The molecule has 0 radical (unpaired) electrons. The third-order valence-corrected chi connectivity index (χ3v) is 2.57. The fourth-order valence-electron chi connectivity index (χ4n) is 1.57. The number of nitrogens with zero attached hydrogens (tertiary/aromatic N) is 3. The number of hydrogen-bond donors (Lipinski definition) is 0. The standard InChI is InChI=1S/C12H20ClN3O2/c1-5-18-12-6-11(14-9(2)15-12)16(3)7-10(13)8-17-4/h6,10H,5,7-8H2,1-4H3. The van der Waals surface area contributed by atoms with Crippen molar-refractivity contribution >= 4 is 17.4 Å². The van der Waals surface area contributed by atoms with Gasteiger partial charge in [0.1, 0.15) is 11.6 Å². The largest absolute Gasteiger partial charge is 0.478 e. The molecule has 0 saturated heterocycles. The van der Waals surface area contributed by atoms with Crippen LogP contribution in [0, 0.1) is 6.92 Å². The van der Waals surface area contributed by atoms with Gasteiger partial charge in [0.15, 0.2) is 0 Å². The summed E-state index contributed by atoms with van der Waals surface area (Å²) in [4.78, 5) is 10.5. The molecule has 0 aliphatic heterocycles. The lowest BCUT2D eigenvalue weighted by Gasteiger charge is -2.21. The Labute approximate surface area is 113 Å². The van der Waals surface area contributed by atoms with Gasteiger partial charge in [0, 0.05) is 26.8 Å². The van der Waals surface area contributed by atoms with Gasteiger partial charge in [-0.2, -0.15) is 4.98 Å². The first-order valence-corrected chi connectivity index (χ1v) is 6.33. The van der Waals surface area contributed by atoms with Crippen LogP contribution in [0.25, 0.3) is 0 Å². The molecule has 102 valence electrons. The Morgan fingerprint density at radius 3 is 2.78 bits per heavy atom. The van der Waals surface area contributed by atoms with E-state index in [2.05, 4.69) is 9.97 Å². The average molecular weight is 274 g/mol. The van der Waals surface area contributed by atoms with Crippen LogP contribution >= 0.6 is 11.6 Å². The third-order valence-electron chi connectivity index (χ3n) is 2.30. The van der Waals surface area contributed by atoms with Crippen molar-refractivity contribution in [2.24, 2.45) is 0 Å². The lowest BCUT2D eigenvalue weighted by Crippen LogP contribution is -2.29. The Morgan fingerprint density at radius 1 is 1.44 bits per heavy atom. The molecule has 18 heavy (non-hydrogen) atoms. The lowest BCUT2D eigenvalue weighted by atomic mass is 10.4. The number of methoxy groups -OCH3 is 1. The monoisotopic (exact) mass is 273 g/mol. The molecule has 0 bridgehead atoms. The highest BCUT2D eigenvalue weighted by Crippen LogP contribution is 2.17. The van der Waals surface area contributed by atoms with Crippen molar-refractivity contribution in [1.82, 2.24) is 9.97 Å². The van der Waals surface area contributed by atoms with Gasteiger partial charge in [-0.1, -0.05) is 0 Å². The van der Waals surface area contributed by atoms with E-state index in [0.717, 1.165) is 5.82 Å². The number of anilines is 1. The van der Waals surface area contributed by atoms with E-state index in [4.69, 9.17) is 21.1 Å². The SMILES string of the molecule is CCOc1cc(N(C)CC(Cl)COC)nc(C)n1. The van der Waals surface area contributed by atoms with Crippen LogP contribution < -0.4 is 9.64 Å². The van der Waals surface area contributed by atoms with Crippen LogP contribution in [0.1, 0.15) is 12.7 Å². The summed E-state index contributed by atoms with van der Waals surface area (Å²) in [5, 5.41) is -0.0779. The van der Waals surface area contributed by atoms with Gasteiger partial charge in [0.05, 0.1) is 18.6 Å². The average Bonchev–Trinajstić information content (AvgIpc) is 2.28. The Morgan fingerprint density at radius 2 is 2.17 bits per heavy atom. The van der Waals surface area contributed by atoms with Crippen molar-refractivity contribution in [3.05, 3.63) is 11.9 Å². The lowest BCUT2D eigenvalue weighted by molar-refractivity contribution is 0.199. The van der Waals surface area contributed by atoms with Gasteiger partial charge in [-0.25, -0.2) is 4.98 Å². The predicted molar refractivity (Wildman–Crippen MR) is 72.7 cm³/mol. The molecule has 1 aromatic rings. The van der Waals surface area contributed by atoms with Gasteiger partial charge < -0.3 is 14.4 Å². The maximum Gasteiger partial charge on any atom is 0.218 e. The van der Waals surface area contributed by atoms with Gasteiger partial charge >= 0.3 is 0 Å². The van der Waals surface area contributed by atoms with E-state index >= 15 is 0 Å². The molecule has 0 amide bonds. The molecule has 0 N–H and O–H groups in total. The number of aryl methyl sites for hydroxylation is 1. The number of hydrogen-bond acceptors (Lipinski definition) is 5. The highest BCUT2D eigenvalue weighted by Gasteiger charge is 2.12. The summed E-state index contributed by atoms with van der Waals surface area (Å²) >= 11 is 6.13. The van der Waals surface area contributed by atoms with Crippen LogP contribution in [0.5, 0.6) is 5.88 Å². The van der Waals surface area contributed by atoms with Crippen LogP contribution in [0.3, 0.4) is 0 Å². The van der Waals surface area contributed by atoms with Gasteiger partial charge in [-0.15, -0.1) is 11.6 Å². The molecule has 0 aliphatic rings. The second kappa shape index (κ2) is 7.38. The first-order chi connectivity index (χ1) is 8.56. The van der Waals surface area contributed by atoms with E-state index in [0.29, 0.717) is 31.5 Å². The molecule has 0 saturated carbocycles. The number of ether oxygens (including phenoxy) is 2. The topological polar surface area (TPSA) is 47.5 Å². The fraction of sp³-hybridized carbons (Fsp3) is 0.667. The van der Waals surface area contributed by atoms with E-state index in [1.165, 1.54) is 0 Å². The molecule has 1 heterocycles. The summed E-state index contributed by atoms with van der Waals surface area (Å²) < 4.78 is 10.4. The highest BCUT2D eigenvalue weighted by molar-refractivity contribution is 6.21. The summed E-state index contributed by atoms with van der Waals surface area (Å²) in [5.74, 6) is 2.07. The minimum atomic E-state index is -0.0779. The molecule has 1 rings (SSSR count). The normalized spacial score (nSPS) is 12.3. The van der Waals surface area contributed by atoms with Crippen molar-refractivity contribution in [2.75, 3.05) is 38.8 Å². The molecular weight excluding hydrogens is 254 g/mol. The molecule has 0 aliphatic carbocycles. The molecule has 0 aromatic carbocycles. The maximum atomic E-state index is 6.13. The molecule has 1 atom stereocenters. The number of aromatic nitrogens is 2. The number of halogens is 1. The summed E-state index contributed by atoms with van der Waals surface area (Å²) in [5.41, 5.74) is 0. The molecule has 1 aromatic heterocycles. The summed E-state index contributed by atoms with van der Waals surface area (Å²) in [6, 6.07) is 1.81. The summed E-state index contributed by atoms with van der Waals surface area (Å²) in [6.45, 7) is 5.51. The Bertz CT molecular complexity index is 376. The summed E-state index contributed by atoms with van der Waals surface area (Å²) in [7, 11) is 3.57. The quantitative estimate of drug-likeness (QED) is 0.710. The van der Waals surface area contributed by atoms with Crippen molar-refractivity contribution in [2.45, 2.75) is 19.2 Å². The van der Waals surface area contributed by atoms with E-state index in [-0.39, 0.29) is 5.38 Å². The van der Waals surface area contributed by atoms with Gasteiger partial charge in [0.25, 0.3) is 0 Å². The first kappa shape index (κ1) is 15.0. The zero-order valence-electron chi connectivity index (χ0n) is 11.3. The van der Waals surface area contributed by atoms with Crippen LogP contribution in [0.2, 0.25) is 0 Å². The fourth-order valence-corrected chi connectivity index (χ4v) is 1.90. The van der Waals surface area contributed by atoms with E-state index in [9.17, 15) is 0 Å². The number of alkyl halides is 1. The van der Waals surface area contributed by atoms with E-state index < -0.39 is 0 Å². The third kappa shape index (κ3) is 4.66.